The molecule has 88 valence electrons. The van der Waals surface area contributed by atoms with Crippen LogP contribution in [0.4, 0.5) is 11.4 Å². The van der Waals surface area contributed by atoms with Gasteiger partial charge in [-0.25, -0.2) is 0 Å². The van der Waals surface area contributed by atoms with Crippen LogP contribution in [-0.2, 0) is 0 Å². The molecule has 4 nitrogen and oxygen atoms in total. The Balaban J connectivity index is 2.85. The molecule has 0 saturated heterocycles. The fourth-order valence-electron chi connectivity index (χ4n) is 1.17. The molecule has 0 aromatic heterocycles. The van der Waals surface area contributed by atoms with Gasteiger partial charge in [0, 0.05) is 17.8 Å². The van der Waals surface area contributed by atoms with Gasteiger partial charge < -0.3 is 5.32 Å². The van der Waals surface area contributed by atoms with E-state index in [2.05, 4.69) is 42.0 Å². The molecule has 0 aliphatic heterocycles. The van der Waals surface area contributed by atoms with Gasteiger partial charge in [-0.3, -0.25) is 10.1 Å². The highest BCUT2D eigenvalue weighted by molar-refractivity contribution is 9.10. The first-order valence-corrected chi connectivity index (χ1v) is 5.91. The van der Waals surface area contributed by atoms with Crippen molar-refractivity contribution in [3.05, 3.63) is 32.8 Å². The van der Waals surface area contributed by atoms with Crippen LogP contribution < -0.4 is 5.32 Å². The Morgan fingerprint density at radius 2 is 2.00 bits per heavy atom. The van der Waals surface area contributed by atoms with E-state index in [0.29, 0.717) is 16.4 Å². The number of nitro benzene ring substituents is 1. The van der Waals surface area contributed by atoms with Gasteiger partial charge in [-0.05, 0) is 40.9 Å². The van der Waals surface area contributed by atoms with Gasteiger partial charge in [0.05, 0.1) is 9.40 Å². The van der Waals surface area contributed by atoms with Crippen molar-refractivity contribution in [2.75, 3.05) is 5.32 Å². The molecular weight excluding hydrogens is 272 g/mol. The Bertz CT molecular complexity index is 394. The Kier molecular flexibility index (Phi) is 4.29. The van der Waals surface area contributed by atoms with E-state index in [0.717, 1.165) is 5.69 Å². The van der Waals surface area contributed by atoms with E-state index in [4.69, 9.17) is 0 Å². The maximum absolute atomic E-state index is 10.6. The lowest BCUT2D eigenvalue weighted by atomic mass is 10.1. The number of nitro groups is 1. The van der Waals surface area contributed by atoms with Crippen molar-refractivity contribution in [1.82, 2.24) is 0 Å². The molecule has 1 unspecified atom stereocenters. The molecule has 0 spiro atoms. The van der Waals surface area contributed by atoms with Gasteiger partial charge in [0.15, 0.2) is 0 Å². The zero-order valence-corrected chi connectivity index (χ0v) is 11.1. The minimum atomic E-state index is -0.403. The molecule has 1 N–H and O–H groups in total. The lowest BCUT2D eigenvalue weighted by Gasteiger charge is -2.18. The second-order valence-corrected chi connectivity index (χ2v) is 4.95. The maximum Gasteiger partial charge on any atom is 0.283 e. The predicted molar refractivity (Wildman–Crippen MR) is 68.7 cm³/mol. The summed E-state index contributed by atoms with van der Waals surface area (Å²) < 4.78 is 0.499. The van der Waals surface area contributed by atoms with Crippen LogP contribution in [0.15, 0.2) is 22.7 Å². The van der Waals surface area contributed by atoms with Gasteiger partial charge in [-0.15, -0.1) is 0 Å². The second kappa shape index (κ2) is 5.30. The third-order valence-electron chi connectivity index (χ3n) is 2.54. The lowest BCUT2D eigenvalue weighted by Crippen LogP contribution is -2.21. The van der Waals surface area contributed by atoms with Crippen LogP contribution in [0.2, 0.25) is 0 Å². The number of nitrogens with zero attached hydrogens (tertiary/aromatic N) is 1. The predicted octanol–water partition coefficient (Wildman–Crippen LogP) is 3.81. The summed E-state index contributed by atoms with van der Waals surface area (Å²) in [6, 6.07) is 5.28. The minimum Gasteiger partial charge on any atom is -0.382 e. The van der Waals surface area contributed by atoms with Crippen molar-refractivity contribution < 1.29 is 4.92 Å². The smallest absolute Gasteiger partial charge is 0.283 e. The van der Waals surface area contributed by atoms with Crippen LogP contribution in [0, 0.1) is 16.0 Å². The fraction of sp³-hybridized carbons (Fsp3) is 0.455. The zero-order chi connectivity index (χ0) is 12.3. The number of nitrogens with one attached hydrogen (secondary N) is 1. The molecular formula is C11H15BrN2O2. The van der Waals surface area contributed by atoms with Gasteiger partial charge in [0.1, 0.15) is 0 Å². The molecule has 1 aromatic rings. The number of benzene rings is 1. The summed E-state index contributed by atoms with van der Waals surface area (Å²) in [4.78, 5) is 10.2. The maximum atomic E-state index is 10.6. The van der Waals surface area contributed by atoms with Crippen molar-refractivity contribution in [3.63, 3.8) is 0 Å². The van der Waals surface area contributed by atoms with E-state index < -0.39 is 4.92 Å². The Morgan fingerprint density at radius 1 is 1.38 bits per heavy atom. The summed E-state index contributed by atoms with van der Waals surface area (Å²) in [5.41, 5.74) is 0.974. The van der Waals surface area contributed by atoms with Gasteiger partial charge in [-0.1, -0.05) is 13.8 Å². The first-order chi connectivity index (χ1) is 7.41. The lowest BCUT2D eigenvalue weighted by molar-refractivity contribution is -0.385. The molecule has 0 fully saturated rings. The van der Waals surface area contributed by atoms with Crippen LogP contribution >= 0.6 is 15.9 Å². The van der Waals surface area contributed by atoms with Crippen LogP contribution in [0.25, 0.3) is 0 Å². The molecule has 1 atom stereocenters. The molecule has 0 amide bonds. The van der Waals surface area contributed by atoms with Crippen molar-refractivity contribution in [1.29, 1.82) is 0 Å². The molecule has 0 radical (unpaired) electrons. The number of anilines is 1. The van der Waals surface area contributed by atoms with Crippen LogP contribution in [-0.4, -0.2) is 11.0 Å². The Hall–Kier alpha value is -1.10. The number of rotatable bonds is 4. The molecule has 16 heavy (non-hydrogen) atoms. The Labute approximate surface area is 103 Å². The third kappa shape index (κ3) is 3.20. The quantitative estimate of drug-likeness (QED) is 0.676. The molecule has 1 rings (SSSR count). The number of hydrogen-bond donors (Lipinski definition) is 1. The van der Waals surface area contributed by atoms with E-state index in [9.17, 15) is 10.1 Å². The van der Waals surface area contributed by atoms with Crippen molar-refractivity contribution >= 4 is 27.3 Å². The van der Waals surface area contributed by atoms with Gasteiger partial charge in [0.2, 0.25) is 0 Å². The summed E-state index contributed by atoms with van der Waals surface area (Å²) in [7, 11) is 0. The Morgan fingerprint density at radius 3 is 2.44 bits per heavy atom. The highest BCUT2D eigenvalue weighted by Crippen LogP contribution is 2.28. The van der Waals surface area contributed by atoms with E-state index in [1.165, 1.54) is 6.07 Å². The van der Waals surface area contributed by atoms with Gasteiger partial charge >= 0.3 is 0 Å². The van der Waals surface area contributed by atoms with Crippen LogP contribution in [0.5, 0.6) is 0 Å². The largest absolute Gasteiger partial charge is 0.382 e. The number of halogens is 1. The normalized spacial score (nSPS) is 12.6. The molecule has 0 bridgehead atoms. The molecule has 0 aliphatic rings. The summed E-state index contributed by atoms with van der Waals surface area (Å²) in [5.74, 6) is 0.508. The summed E-state index contributed by atoms with van der Waals surface area (Å²) in [6.07, 6.45) is 0. The van der Waals surface area contributed by atoms with Gasteiger partial charge in [0.25, 0.3) is 5.69 Å². The van der Waals surface area contributed by atoms with Crippen molar-refractivity contribution in [3.8, 4) is 0 Å². The number of hydrogen-bond acceptors (Lipinski definition) is 3. The molecule has 0 heterocycles. The highest BCUT2D eigenvalue weighted by Gasteiger charge is 2.13. The van der Waals surface area contributed by atoms with E-state index in [1.54, 1.807) is 12.1 Å². The monoisotopic (exact) mass is 286 g/mol. The zero-order valence-electron chi connectivity index (χ0n) is 9.53. The molecule has 0 aliphatic carbocycles. The summed E-state index contributed by atoms with van der Waals surface area (Å²) in [6.45, 7) is 6.33. The standard InChI is InChI=1S/C11H15BrN2O2/c1-7(2)8(3)13-9-4-5-11(14(15)16)10(12)6-9/h4-8,13H,1-3H3. The average Bonchev–Trinajstić information content (AvgIpc) is 2.16. The summed E-state index contributed by atoms with van der Waals surface area (Å²) in [5, 5.41) is 13.9. The van der Waals surface area contributed by atoms with Crippen molar-refractivity contribution in [2.24, 2.45) is 5.92 Å². The SMILES string of the molecule is CC(C)C(C)Nc1ccc([N+](=O)[O-])c(Br)c1. The molecule has 0 saturated carbocycles. The van der Waals surface area contributed by atoms with Gasteiger partial charge in [-0.2, -0.15) is 0 Å². The first kappa shape index (κ1) is 13.0. The van der Waals surface area contributed by atoms with Crippen molar-refractivity contribution in [2.45, 2.75) is 26.8 Å². The minimum absolute atomic E-state index is 0.0859. The van der Waals surface area contributed by atoms with E-state index in [-0.39, 0.29) is 5.69 Å². The highest BCUT2D eigenvalue weighted by atomic mass is 79.9. The van der Waals surface area contributed by atoms with E-state index >= 15 is 0 Å². The average molecular weight is 287 g/mol. The second-order valence-electron chi connectivity index (χ2n) is 4.10. The summed E-state index contributed by atoms with van der Waals surface area (Å²) >= 11 is 3.19. The fourth-order valence-corrected chi connectivity index (χ4v) is 1.70. The third-order valence-corrected chi connectivity index (χ3v) is 3.17. The van der Waals surface area contributed by atoms with Crippen LogP contribution in [0.3, 0.4) is 0 Å². The van der Waals surface area contributed by atoms with E-state index in [1.807, 2.05) is 0 Å². The molecule has 1 aromatic carbocycles. The van der Waals surface area contributed by atoms with Crippen LogP contribution in [0.1, 0.15) is 20.8 Å². The first-order valence-electron chi connectivity index (χ1n) is 5.12. The molecule has 5 heteroatoms. The topological polar surface area (TPSA) is 55.2 Å².